The Morgan fingerprint density at radius 3 is 2.39 bits per heavy atom. The molecule has 2 amide bonds. The Hall–Kier alpha value is -2.61. The Kier molecular flexibility index (Phi) is 6.75. The van der Waals surface area contributed by atoms with Crippen molar-refractivity contribution >= 4 is 73.3 Å². The van der Waals surface area contributed by atoms with Crippen LogP contribution in [0.2, 0.25) is 5.02 Å². The number of aliphatic imine (C=N–C) groups is 1. The van der Waals surface area contributed by atoms with E-state index in [0.717, 1.165) is 4.47 Å². The highest BCUT2D eigenvalue weighted by Gasteiger charge is 2.40. The van der Waals surface area contributed by atoms with Gasteiger partial charge in [-0.3, -0.25) is 14.5 Å². The maximum absolute atomic E-state index is 13.2. The molecule has 0 unspecified atom stereocenters. The van der Waals surface area contributed by atoms with Crippen LogP contribution in [0.5, 0.6) is 0 Å². The van der Waals surface area contributed by atoms with Crippen molar-refractivity contribution in [2.24, 2.45) is 4.99 Å². The molecule has 31 heavy (non-hydrogen) atoms. The fourth-order valence-electron chi connectivity index (χ4n) is 3.03. The van der Waals surface area contributed by atoms with E-state index in [1.165, 1.54) is 11.8 Å². The summed E-state index contributed by atoms with van der Waals surface area (Å²) in [6.45, 7) is 0. The largest absolute Gasteiger partial charge is 0.326 e. The molecule has 0 aliphatic carbocycles. The molecule has 8 heteroatoms. The number of carbonyl (C=O) groups excluding carboxylic acids is 2. The summed E-state index contributed by atoms with van der Waals surface area (Å²) in [5, 5.41) is 3.42. The topological polar surface area (TPSA) is 61.8 Å². The van der Waals surface area contributed by atoms with Crippen molar-refractivity contribution in [2.75, 3.05) is 10.2 Å². The minimum absolute atomic E-state index is 0.0442. The Labute approximate surface area is 197 Å². The first-order valence-corrected chi connectivity index (χ1v) is 11.5. The van der Waals surface area contributed by atoms with Gasteiger partial charge < -0.3 is 5.32 Å². The zero-order valence-corrected chi connectivity index (χ0v) is 19.3. The minimum atomic E-state index is -0.568. The second-order valence-electron chi connectivity index (χ2n) is 6.75. The Morgan fingerprint density at radius 1 is 1.03 bits per heavy atom. The lowest BCUT2D eigenvalue weighted by molar-refractivity contribution is -0.121. The lowest BCUT2D eigenvalue weighted by atomic mass is 10.2. The van der Waals surface area contributed by atoms with E-state index in [9.17, 15) is 9.59 Å². The number of amides is 2. The van der Waals surface area contributed by atoms with Gasteiger partial charge in [-0.05, 0) is 60.7 Å². The molecule has 4 rings (SSSR count). The van der Waals surface area contributed by atoms with Gasteiger partial charge in [-0.15, -0.1) is 0 Å². The van der Waals surface area contributed by atoms with Crippen molar-refractivity contribution in [3.05, 3.63) is 88.4 Å². The van der Waals surface area contributed by atoms with Crippen LogP contribution in [0, 0.1) is 0 Å². The molecule has 0 spiro atoms. The molecule has 1 fully saturated rings. The van der Waals surface area contributed by atoms with Crippen LogP contribution in [0.4, 0.5) is 17.1 Å². The average Bonchev–Trinajstić information content (AvgIpc) is 3.06. The first kappa shape index (κ1) is 21.6. The van der Waals surface area contributed by atoms with Crippen LogP contribution in [0.15, 0.2) is 88.3 Å². The van der Waals surface area contributed by atoms with Crippen molar-refractivity contribution < 1.29 is 9.59 Å². The highest BCUT2D eigenvalue weighted by atomic mass is 79.9. The monoisotopic (exact) mass is 513 g/mol. The first-order chi connectivity index (χ1) is 15.0. The van der Waals surface area contributed by atoms with Gasteiger partial charge in [-0.1, -0.05) is 57.5 Å². The number of hydrogen-bond acceptors (Lipinski definition) is 4. The molecule has 1 saturated heterocycles. The smallest absolute Gasteiger partial charge is 0.247 e. The molecule has 1 atom stereocenters. The number of halogens is 2. The van der Waals surface area contributed by atoms with Gasteiger partial charge >= 0.3 is 0 Å². The summed E-state index contributed by atoms with van der Waals surface area (Å²) in [5.74, 6) is -0.399. The summed E-state index contributed by atoms with van der Waals surface area (Å²) in [6.07, 6.45) is 0.0442. The Bertz CT molecular complexity index is 1120. The van der Waals surface area contributed by atoms with Crippen molar-refractivity contribution in [3.63, 3.8) is 0 Å². The Morgan fingerprint density at radius 2 is 1.71 bits per heavy atom. The molecule has 5 nitrogen and oxygen atoms in total. The van der Waals surface area contributed by atoms with E-state index in [2.05, 4.69) is 26.2 Å². The van der Waals surface area contributed by atoms with Gasteiger partial charge in [0, 0.05) is 21.6 Å². The number of amidine groups is 1. The van der Waals surface area contributed by atoms with Gasteiger partial charge in [0.15, 0.2) is 5.17 Å². The molecular weight excluding hydrogens is 498 g/mol. The molecule has 1 aliphatic heterocycles. The third kappa shape index (κ3) is 5.36. The highest BCUT2D eigenvalue weighted by Crippen LogP contribution is 2.35. The molecule has 0 bridgehead atoms. The molecule has 1 aliphatic rings. The van der Waals surface area contributed by atoms with Crippen LogP contribution in [0.1, 0.15) is 6.42 Å². The molecule has 1 N–H and O–H groups in total. The maximum atomic E-state index is 13.2. The number of hydrogen-bond donors (Lipinski definition) is 1. The second-order valence-corrected chi connectivity index (χ2v) is 9.27. The normalized spacial score (nSPS) is 17.2. The molecule has 1 heterocycles. The van der Waals surface area contributed by atoms with Crippen LogP contribution in [0.3, 0.4) is 0 Å². The zero-order valence-electron chi connectivity index (χ0n) is 16.2. The molecule has 3 aromatic carbocycles. The van der Waals surface area contributed by atoms with E-state index in [-0.39, 0.29) is 18.2 Å². The SMILES string of the molecule is O=C(C[C@@H]1SC(=Nc2ccc(Cl)cc2)N(c2ccccc2)C1=O)Nc1ccc(Br)cc1. The molecular formula is C23H17BrClN3O2S. The summed E-state index contributed by atoms with van der Waals surface area (Å²) < 4.78 is 0.925. The maximum Gasteiger partial charge on any atom is 0.247 e. The number of carbonyl (C=O) groups is 2. The van der Waals surface area contributed by atoms with Gasteiger partial charge in [0.2, 0.25) is 11.8 Å². The molecule has 0 radical (unpaired) electrons. The fourth-order valence-corrected chi connectivity index (χ4v) is 4.57. The van der Waals surface area contributed by atoms with E-state index < -0.39 is 5.25 Å². The summed E-state index contributed by atoms with van der Waals surface area (Å²) in [7, 11) is 0. The lowest BCUT2D eigenvalue weighted by Gasteiger charge is -2.16. The van der Waals surface area contributed by atoms with Gasteiger partial charge in [0.1, 0.15) is 5.25 Å². The number of thioether (sulfide) groups is 1. The van der Waals surface area contributed by atoms with Crippen molar-refractivity contribution in [2.45, 2.75) is 11.7 Å². The predicted molar refractivity (Wildman–Crippen MR) is 131 cm³/mol. The summed E-state index contributed by atoms with van der Waals surface area (Å²) in [5.41, 5.74) is 2.07. The molecule has 0 saturated carbocycles. The number of anilines is 2. The van der Waals surface area contributed by atoms with E-state index in [1.54, 1.807) is 41.3 Å². The minimum Gasteiger partial charge on any atom is -0.326 e. The van der Waals surface area contributed by atoms with Gasteiger partial charge in [-0.2, -0.15) is 0 Å². The van der Waals surface area contributed by atoms with E-state index in [1.807, 2.05) is 42.5 Å². The fraction of sp³-hybridized carbons (Fsp3) is 0.0870. The summed E-state index contributed by atoms with van der Waals surface area (Å²) >= 11 is 10.6. The molecule has 3 aromatic rings. The third-order valence-electron chi connectivity index (χ3n) is 4.50. The molecule has 0 aromatic heterocycles. The van der Waals surface area contributed by atoms with Gasteiger partial charge in [0.05, 0.1) is 11.4 Å². The second kappa shape index (κ2) is 9.68. The number of nitrogens with zero attached hydrogens (tertiary/aromatic N) is 2. The van der Waals surface area contributed by atoms with E-state index in [4.69, 9.17) is 11.6 Å². The van der Waals surface area contributed by atoms with Crippen LogP contribution in [-0.2, 0) is 9.59 Å². The van der Waals surface area contributed by atoms with Crippen molar-refractivity contribution in [1.29, 1.82) is 0 Å². The third-order valence-corrected chi connectivity index (χ3v) is 6.42. The first-order valence-electron chi connectivity index (χ1n) is 9.45. The number of para-hydroxylation sites is 1. The quantitative estimate of drug-likeness (QED) is 0.437. The van der Waals surface area contributed by atoms with Crippen LogP contribution in [0.25, 0.3) is 0 Å². The number of nitrogens with one attached hydrogen (secondary N) is 1. The summed E-state index contributed by atoms with van der Waals surface area (Å²) in [4.78, 5) is 32.0. The lowest BCUT2D eigenvalue weighted by Crippen LogP contribution is -2.33. The summed E-state index contributed by atoms with van der Waals surface area (Å²) in [6, 6.07) is 23.7. The highest BCUT2D eigenvalue weighted by molar-refractivity contribution is 9.10. The molecule has 156 valence electrons. The van der Waals surface area contributed by atoms with E-state index >= 15 is 0 Å². The average molecular weight is 515 g/mol. The van der Waals surface area contributed by atoms with Crippen LogP contribution < -0.4 is 10.2 Å². The van der Waals surface area contributed by atoms with Crippen LogP contribution in [-0.4, -0.2) is 22.2 Å². The van der Waals surface area contributed by atoms with Crippen molar-refractivity contribution in [1.82, 2.24) is 0 Å². The number of rotatable bonds is 5. The Balaban J connectivity index is 1.56. The van der Waals surface area contributed by atoms with E-state index in [0.29, 0.717) is 27.3 Å². The number of benzene rings is 3. The van der Waals surface area contributed by atoms with Gasteiger partial charge in [0.25, 0.3) is 0 Å². The predicted octanol–water partition coefficient (Wildman–Crippen LogP) is 6.27. The standard InChI is InChI=1S/C23H17BrClN3O2S/c24-15-6-10-17(11-7-15)26-21(29)14-20-22(30)28(19-4-2-1-3-5-19)23(31-20)27-18-12-8-16(25)9-13-18/h1-13,20H,14H2,(H,26,29)/t20-/m0/s1. The van der Waals surface area contributed by atoms with Gasteiger partial charge in [-0.25, -0.2) is 4.99 Å². The van der Waals surface area contributed by atoms with Crippen LogP contribution >= 0.6 is 39.3 Å². The zero-order chi connectivity index (χ0) is 21.8. The van der Waals surface area contributed by atoms with Crippen molar-refractivity contribution in [3.8, 4) is 0 Å².